The smallest absolute Gasteiger partial charge is 0.325 e. The summed E-state index contributed by atoms with van der Waals surface area (Å²) in [5.41, 5.74) is 4.94. The van der Waals surface area contributed by atoms with Gasteiger partial charge in [-0.25, -0.2) is 0 Å². The van der Waals surface area contributed by atoms with Crippen LogP contribution in [0.5, 0.6) is 0 Å². The van der Waals surface area contributed by atoms with E-state index in [1.54, 1.807) is 24.8 Å². The van der Waals surface area contributed by atoms with Crippen molar-refractivity contribution in [2.24, 2.45) is 0 Å². The van der Waals surface area contributed by atoms with E-state index in [1.165, 1.54) is 6.92 Å². The van der Waals surface area contributed by atoms with Crippen molar-refractivity contribution in [1.82, 2.24) is 35.5 Å². The summed E-state index contributed by atoms with van der Waals surface area (Å²) in [6.45, 7) is 2.09. The summed E-state index contributed by atoms with van der Waals surface area (Å²) in [5.74, 6) is -1.45. The number of carbonyl (C=O) groups is 3. The number of aromatic nitrogens is 4. The van der Waals surface area contributed by atoms with Crippen LogP contribution in [0.1, 0.15) is 46.9 Å². The third kappa shape index (κ3) is 10.1. The molecule has 0 aliphatic rings. The summed E-state index contributed by atoms with van der Waals surface area (Å²) < 4.78 is 5.25. The van der Waals surface area contributed by atoms with Crippen molar-refractivity contribution in [3.63, 3.8) is 0 Å². The molecule has 5 rings (SSSR count). The number of carbonyl (C=O) groups excluding carboxylic acids is 3. The minimum atomic E-state index is -0.907. The van der Waals surface area contributed by atoms with Crippen molar-refractivity contribution in [1.29, 1.82) is 0 Å². The molecule has 1 aromatic carbocycles. The maximum absolute atomic E-state index is 13.0. The Hall–Kier alpha value is -5.81. The molecule has 4 heterocycles. The molecule has 11 nitrogen and oxygen atoms in total. The molecule has 0 saturated heterocycles. The Morgan fingerprint density at radius 1 is 0.708 bits per heavy atom. The summed E-state index contributed by atoms with van der Waals surface area (Å²) in [7, 11) is 0. The summed E-state index contributed by atoms with van der Waals surface area (Å²) >= 11 is 0. The Labute approximate surface area is 279 Å². The van der Waals surface area contributed by atoms with Crippen molar-refractivity contribution in [3.8, 4) is 0 Å². The van der Waals surface area contributed by atoms with Gasteiger partial charge in [0.2, 0.25) is 11.8 Å². The molecule has 244 valence electrons. The number of amides is 2. The number of nitrogens with zero attached hydrogens (tertiary/aromatic N) is 5. The van der Waals surface area contributed by atoms with E-state index in [9.17, 15) is 14.4 Å². The second-order valence-corrected chi connectivity index (χ2v) is 11.1. The lowest BCUT2D eigenvalue weighted by Crippen LogP contribution is -2.48. The van der Waals surface area contributed by atoms with Gasteiger partial charge >= 0.3 is 5.97 Å². The number of esters is 1. The molecule has 0 spiro atoms. The van der Waals surface area contributed by atoms with Crippen LogP contribution in [0.15, 0.2) is 122 Å². The van der Waals surface area contributed by atoms with Crippen molar-refractivity contribution >= 4 is 17.8 Å². The molecular formula is C37H37N7O4. The quantitative estimate of drug-likeness (QED) is 0.162. The normalized spacial score (nSPS) is 11.6. The first-order chi connectivity index (χ1) is 23.4. The molecule has 5 aromatic rings. The first-order valence-corrected chi connectivity index (χ1v) is 15.6. The van der Waals surface area contributed by atoms with E-state index in [0.29, 0.717) is 13.1 Å². The van der Waals surface area contributed by atoms with Crippen molar-refractivity contribution in [3.05, 3.63) is 156 Å². The van der Waals surface area contributed by atoms with Crippen LogP contribution in [0.3, 0.4) is 0 Å². The topological polar surface area (TPSA) is 139 Å². The van der Waals surface area contributed by atoms with Crippen LogP contribution in [0.4, 0.5) is 0 Å². The summed E-state index contributed by atoms with van der Waals surface area (Å²) in [6, 6.07) is 29.3. The van der Waals surface area contributed by atoms with Crippen molar-refractivity contribution in [2.45, 2.75) is 45.1 Å². The molecule has 2 N–H and O–H groups in total. The Morgan fingerprint density at radius 2 is 1.33 bits per heavy atom. The molecular weight excluding hydrogens is 606 g/mol. The zero-order valence-electron chi connectivity index (χ0n) is 26.6. The number of pyridine rings is 4. The van der Waals surface area contributed by atoms with Crippen LogP contribution in [0.25, 0.3) is 0 Å². The van der Waals surface area contributed by atoms with Crippen LogP contribution in [-0.4, -0.2) is 55.2 Å². The largest absolute Gasteiger partial charge is 0.460 e. The zero-order chi connectivity index (χ0) is 33.6. The average Bonchev–Trinajstić information content (AvgIpc) is 3.12. The van der Waals surface area contributed by atoms with E-state index in [2.05, 4.69) is 30.5 Å². The van der Waals surface area contributed by atoms with Crippen molar-refractivity contribution < 1.29 is 19.1 Å². The van der Waals surface area contributed by atoms with Gasteiger partial charge in [-0.3, -0.25) is 39.2 Å². The fourth-order valence-electron chi connectivity index (χ4n) is 5.18. The number of benzene rings is 1. The van der Waals surface area contributed by atoms with Gasteiger partial charge in [-0.15, -0.1) is 0 Å². The highest BCUT2D eigenvalue weighted by Gasteiger charge is 2.26. The van der Waals surface area contributed by atoms with Gasteiger partial charge in [0.05, 0.1) is 28.8 Å². The fourth-order valence-corrected chi connectivity index (χ4v) is 5.18. The molecule has 0 fully saturated rings. The van der Waals surface area contributed by atoms with Gasteiger partial charge in [0.1, 0.15) is 19.2 Å². The molecule has 0 radical (unpaired) electrons. The Balaban J connectivity index is 1.28. The van der Waals surface area contributed by atoms with Gasteiger partial charge in [0.15, 0.2) is 0 Å². The highest BCUT2D eigenvalue weighted by molar-refractivity contribution is 5.89. The molecule has 4 aromatic heterocycles. The molecule has 2 amide bonds. The molecule has 0 aliphatic heterocycles. The third-order valence-electron chi connectivity index (χ3n) is 7.43. The number of ether oxygens (including phenoxy) is 1. The number of hydrogen-bond acceptors (Lipinski definition) is 9. The average molecular weight is 644 g/mol. The predicted molar refractivity (Wildman–Crippen MR) is 179 cm³/mol. The molecule has 1 atom stereocenters. The minimum absolute atomic E-state index is 0.104. The number of hydrogen-bond donors (Lipinski definition) is 2. The van der Waals surface area contributed by atoms with Gasteiger partial charge in [0, 0.05) is 51.2 Å². The van der Waals surface area contributed by atoms with Gasteiger partial charge in [-0.2, -0.15) is 0 Å². The van der Waals surface area contributed by atoms with E-state index in [-0.39, 0.29) is 31.5 Å². The fraction of sp³-hybridized carbons (Fsp3) is 0.216. The zero-order valence-corrected chi connectivity index (χ0v) is 26.6. The minimum Gasteiger partial charge on any atom is -0.460 e. The highest BCUT2D eigenvalue weighted by atomic mass is 16.5. The number of nitrogens with one attached hydrogen (secondary N) is 2. The van der Waals surface area contributed by atoms with E-state index in [1.807, 2.05) is 97.1 Å². The predicted octanol–water partition coefficient (Wildman–Crippen LogP) is 3.97. The second-order valence-electron chi connectivity index (χ2n) is 11.1. The lowest BCUT2D eigenvalue weighted by Gasteiger charge is -2.30. The third-order valence-corrected chi connectivity index (χ3v) is 7.43. The Morgan fingerprint density at radius 3 is 1.90 bits per heavy atom. The first kappa shape index (κ1) is 33.6. The lowest BCUT2D eigenvalue weighted by atomic mass is 10.0. The summed E-state index contributed by atoms with van der Waals surface area (Å²) in [4.78, 5) is 58.1. The van der Waals surface area contributed by atoms with Crippen molar-refractivity contribution in [2.75, 3.05) is 6.54 Å². The first-order valence-electron chi connectivity index (χ1n) is 15.6. The van der Waals surface area contributed by atoms with E-state index in [4.69, 9.17) is 9.72 Å². The highest BCUT2D eigenvalue weighted by Crippen LogP contribution is 2.28. The molecule has 48 heavy (non-hydrogen) atoms. The Bertz CT molecular complexity index is 1700. The maximum atomic E-state index is 13.0. The van der Waals surface area contributed by atoms with E-state index >= 15 is 0 Å². The number of rotatable bonds is 15. The molecule has 0 unspecified atom stereocenters. The van der Waals surface area contributed by atoms with Crippen LogP contribution in [0.2, 0.25) is 0 Å². The summed E-state index contributed by atoms with van der Waals surface area (Å²) in [5, 5.41) is 5.25. The van der Waals surface area contributed by atoms with Crippen LogP contribution in [0, 0.1) is 0 Å². The van der Waals surface area contributed by atoms with Gasteiger partial charge < -0.3 is 15.4 Å². The SMILES string of the molecule is CC(=O)N[C@@H](Cc1ccc(CN(Cc2ccccn2)C(c2ccccn2)c2ccccn2)nc1)C(=O)NCC(=O)OCc1ccccc1. The van der Waals surface area contributed by atoms with E-state index in [0.717, 1.165) is 33.9 Å². The second kappa shape index (κ2) is 17.2. The van der Waals surface area contributed by atoms with Gasteiger partial charge in [-0.1, -0.05) is 54.6 Å². The lowest BCUT2D eigenvalue weighted by molar-refractivity contribution is -0.145. The molecule has 11 heteroatoms. The Kier molecular flexibility index (Phi) is 12.0. The van der Waals surface area contributed by atoms with Crippen LogP contribution >= 0.6 is 0 Å². The van der Waals surface area contributed by atoms with Gasteiger partial charge in [0.25, 0.3) is 0 Å². The van der Waals surface area contributed by atoms with Crippen LogP contribution < -0.4 is 10.6 Å². The van der Waals surface area contributed by atoms with Crippen LogP contribution in [-0.2, 0) is 45.2 Å². The standard InChI is InChI=1S/C37H37N7O4/c1-27(45)43-34(37(47)42-23-35(46)48-26-28-11-3-2-4-12-28)21-29-16-17-31(41-22-29)25-44(24-30-13-5-8-18-38-30)36(32-14-6-9-19-39-32)33-15-7-10-20-40-33/h2-20,22,34,36H,21,23-26H2,1H3,(H,42,47)(H,43,45)/t34-/m0/s1. The van der Waals surface area contributed by atoms with Gasteiger partial charge in [-0.05, 0) is 53.6 Å². The maximum Gasteiger partial charge on any atom is 0.325 e. The summed E-state index contributed by atoms with van der Waals surface area (Å²) in [6.07, 6.45) is 7.19. The molecule has 0 bridgehead atoms. The monoisotopic (exact) mass is 643 g/mol. The molecule has 0 aliphatic carbocycles. The van der Waals surface area contributed by atoms with E-state index < -0.39 is 17.9 Å². The molecule has 0 saturated carbocycles.